The topological polar surface area (TPSA) is 64.3 Å². The molecule has 4 nitrogen and oxygen atoms in total. The lowest BCUT2D eigenvalue weighted by atomic mass is 10.1. The summed E-state index contributed by atoms with van der Waals surface area (Å²) in [6, 6.07) is 5.47. The highest BCUT2D eigenvalue weighted by Gasteiger charge is 2.13. The zero-order valence-corrected chi connectivity index (χ0v) is 11.3. The molecule has 3 N–H and O–H groups in total. The minimum Gasteiger partial charge on any atom is -0.385 e. The van der Waals surface area contributed by atoms with Crippen molar-refractivity contribution in [2.24, 2.45) is 5.73 Å². The maximum Gasteiger partial charge on any atom is 0.241 e. The van der Waals surface area contributed by atoms with Crippen molar-refractivity contribution in [3.05, 3.63) is 29.3 Å². The van der Waals surface area contributed by atoms with Gasteiger partial charge in [-0.1, -0.05) is 12.1 Å². The summed E-state index contributed by atoms with van der Waals surface area (Å²) in [5, 5.41) is 2.87. The second kappa shape index (κ2) is 7.13. The van der Waals surface area contributed by atoms with Gasteiger partial charge in [-0.15, -0.1) is 0 Å². The van der Waals surface area contributed by atoms with E-state index in [0.717, 1.165) is 23.2 Å². The van der Waals surface area contributed by atoms with Crippen LogP contribution < -0.4 is 11.1 Å². The number of rotatable bonds is 6. The molecule has 0 bridgehead atoms. The van der Waals surface area contributed by atoms with Crippen molar-refractivity contribution in [3.63, 3.8) is 0 Å². The van der Waals surface area contributed by atoms with E-state index in [1.165, 1.54) is 0 Å². The van der Waals surface area contributed by atoms with Gasteiger partial charge in [0.25, 0.3) is 0 Å². The van der Waals surface area contributed by atoms with Gasteiger partial charge in [0, 0.05) is 19.4 Å². The van der Waals surface area contributed by atoms with Crippen molar-refractivity contribution < 1.29 is 9.53 Å². The molecule has 0 aliphatic rings. The van der Waals surface area contributed by atoms with Gasteiger partial charge in [0.1, 0.15) is 0 Å². The molecule has 1 rings (SSSR count). The van der Waals surface area contributed by atoms with Gasteiger partial charge in [-0.05, 0) is 43.9 Å². The average molecular weight is 250 g/mol. The largest absolute Gasteiger partial charge is 0.385 e. The first-order valence-electron chi connectivity index (χ1n) is 6.17. The van der Waals surface area contributed by atoms with Gasteiger partial charge in [0.05, 0.1) is 6.04 Å². The first kappa shape index (κ1) is 14.7. The number of aryl methyl sites for hydroxylation is 2. The molecule has 100 valence electrons. The summed E-state index contributed by atoms with van der Waals surface area (Å²) in [4.78, 5) is 11.9. The van der Waals surface area contributed by atoms with Crippen molar-refractivity contribution >= 4 is 11.6 Å². The Hall–Kier alpha value is -1.39. The highest BCUT2D eigenvalue weighted by molar-refractivity contribution is 5.95. The highest BCUT2D eigenvalue weighted by atomic mass is 16.5. The predicted molar refractivity (Wildman–Crippen MR) is 73.6 cm³/mol. The summed E-state index contributed by atoms with van der Waals surface area (Å²) in [5.74, 6) is -0.139. The molecule has 1 aromatic carbocycles. The summed E-state index contributed by atoms with van der Waals surface area (Å²) >= 11 is 0. The lowest BCUT2D eigenvalue weighted by Gasteiger charge is -2.14. The number of nitrogens with one attached hydrogen (secondary N) is 1. The smallest absolute Gasteiger partial charge is 0.241 e. The SMILES string of the molecule is COCCCC(N)C(=O)Nc1cc(C)ccc1C. The lowest BCUT2D eigenvalue weighted by Crippen LogP contribution is -2.35. The van der Waals surface area contributed by atoms with Crippen LogP contribution in [0.5, 0.6) is 0 Å². The Morgan fingerprint density at radius 1 is 1.44 bits per heavy atom. The standard InChI is InChI=1S/C14H22N2O2/c1-10-6-7-11(2)13(9-10)16-14(17)12(15)5-4-8-18-3/h6-7,9,12H,4-5,8,15H2,1-3H3,(H,16,17). The molecule has 18 heavy (non-hydrogen) atoms. The minimum absolute atomic E-state index is 0.139. The van der Waals surface area contributed by atoms with Crippen LogP contribution in [0.15, 0.2) is 18.2 Å². The molecule has 4 heteroatoms. The van der Waals surface area contributed by atoms with E-state index in [4.69, 9.17) is 10.5 Å². The summed E-state index contributed by atoms with van der Waals surface area (Å²) < 4.78 is 4.94. The molecule has 0 radical (unpaired) electrons. The monoisotopic (exact) mass is 250 g/mol. The zero-order chi connectivity index (χ0) is 13.5. The average Bonchev–Trinajstić information content (AvgIpc) is 2.34. The second-order valence-corrected chi connectivity index (χ2v) is 4.55. The molecule has 0 aliphatic heterocycles. The van der Waals surface area contributed by atoms with E-state index in [1.54, 1.807) is 7.11 Å². The van der Waals surface area contributed by atoms with Gasteiger partial charge in [0.2, 0.25) is 5.91 Å². The number of amides is 1. The molecule has 0 fully saturated rings. The van der Waals surface area contributed by atoms with Crippen LogP contribution in [0, 0.1) is 13.8 Å². The molecule has 0 spiro atoms. The molecule has 1 aromatic rings. The zero-order valence-electron chi connectivity index (χ0n) is 11.3. The normalized spacial score (nSPS) is 12.2. The predicted octanol–water partition coefficient (Wildman–Crippen LogP) is 2.00. The maximum atomic E-state index is 11.9. The van der Waals surface area contributed by atoms with Crippen molar-refractivity contribution in [2.45, 2.75) is 32.7 Å². The van der Waals surface area contributed by atoms with Crippen LogP contribution >= 0.6 is 0 Å². The molecule has 1 unspecified atom stereocenters. The van der Waals surface area contributed by atoms with Crippen LogP contribution in [0.3, 0.4) is 0 Å². The number of nitrogens with two attached hydrogens (primary N) is 1. The molecule has 0 saturated carbocycles. The fraction of sp³-hybridized carbons (Fsp3) is 0.500. The Morgan fingerprint density at radius 3 is 2.83 bits per heavy atom. The van der Waals surface area contributed by atoms with E-state index in [0.29, 0.717) is 13.0 Å². The number of hydrogen-bond acceptors (Lipinski definition) is 3. The van der Waals surface area contributed by atoms with Crippen LogP contribution in [0.2, 0.25) is 0 Å². The lowest BCUT2D eigenvalue weighted by molar-refractivity contribution is -0.117. The van der Waals surface area contributed by atoms with Crippen molar-refractivity contribution in [1.82, 2.24) is 0 Å². The van der Waals surface area contributed by atoms with E-state index < -0.39 is 6.04 Å². The van der Waals surface area contributed by atoms with Gasteiger partial charge in [-0.25, -0.2) is 0 Å². The third-order valence-corrected chi connectivity index (χ3v) is 2.85. The van der Waals surface area contributed by atoms with Crippen molar-refractivity contribution in [3.8, 4) is 0 Å². The summed E-state index contributed by atoms with van der Waals surface area (Å²) in [5.41, 5.74) is 8.82. The fourth-order valence-corrected chi connectivity index (χ4v) is 1.67. The Morgan fingerprint density at radius 2 is 2.17 bits per heavy atom. The molecular formula is C14H22N2O2. The number of benzene rings is 1. The number of hydrogen-bond donors (Lipinski definition) is 2. The van der Waals surface area contributed by atoms with Gasteiger partial charge >= 0.3 is 0 Å². The fourth-order valence-electron chi connectivity index (χ4n) is 1.67. The maximum absolute atomic E-state index is 11.9. The first-order valence-corrected chi connectivity index (χ1v) is 6.17. The Kier molecular flexibility index (Phi) is 5.82. The van der Waals surface area contributed by atoms with Gasteiger partial charge in [-0.3, -0.25) is 4.79 Å². The summed E-state index contributed by atoms with van der Waals surface area (Å²) in [7, 11) is 1.64. The minimum atomic E-state index is -0.486. The first-order chi connectivity index (χ1) is 8.54. The third-order valence-electron chi connectivity index (χ3n) is 2.85. The van der Waals surface area contributed by atoms with Crippen LogP contribution in [0.25, 0.3) is 0 Å². The molecule has 0 heterocycles. The Labute approximate surface area is 109 Å². The van der Waals surface area contributed by atoms with E-state index in [2.05, 4.69) is 5.32 Å². The van der Waals surface area contributed by atoms with E-state index in [1.807, 2.05) is 32.0 Å². The van der Waals surface area contributed by atoms with Gasteiger partial charge < -0.3 is 15.8 Å². The number of ether oxygens (including phenoxy) is 1. The number of anilines is 1. The highest BCUT2D eigenvalue weighted by Crippen LogP contribution is 2.16. The second-order valence-electron chi connectivity index (χ2n) is 4.55. The molecule has 1 amide bonds. The van der Waals surface area contributed by atoms with E-state index >= 15 is 0 Å². The number of carbonyl (C=O) groups is 1. The number of carbonyl (C=O) groups excluding carboxylic acids is 1. The van der Waals surface area contributed by atoms with E-state index in [-0.39, 0.29) is 5.91 Å². The van der Waals surface area contributed by atoms with E-state index in [9.17, 15) is 4.79 Å². The van der Waals surface area contributed by atoms with Gasteiger partial charge in [-0.2, -0.15) is 0 Å². The quantitative estimate of drug-likeness (QED) is 0.759. The number of methoxy groups -OCH3 is 1. The third kappa shape index (κ3) is 4.47. The molecular weight excluding hydrogens is 228 g/mol. The van der Waals surface area contributed by atoms with Gasteiger partial charge in [0.15, 0.2) is 0 Å². The Bertz CT molecular complexity index is 405. The molecule has 1 atom stereocenters. The Balaban J connectivity index is 2.55. The van der Waals surface area contributed by atoms with Crippen LogP contribution in [0.1, 0.15) is 24.0 Å². The molecule has 0 aromatic heterocycles. The van der Waals surface area contributed by atoms with Crippen LogP contribution in [-0.4, -0.2) is 25.7 Å². The summed E-state index contributed by atoms with van der Waals surface area (Å²) in [6.07, 6.45) is 1.42. The molecule has 0 aliphatic carbocycles. The van der Waals surface area contributed by atoms with Crippen LogP contribution in [0.4, 0.5) is 5.69 Å². The summed E-state index contributed by atoms with van der Waals surface area (Å²) in [6.45, 7) is 4.59. The van der Waals surface area contributed by atoms with Crippen LogP contribution in [-0.2, 0) is 9.53 Å². The van der Waals surface area contributed by atoms with Crippen molar-refractivity contribution in [2.75, 3.05) is 19.0 Å². The molecule has 0 saturated heterocycles. The van der Waals surface area contributed by atoms with Crippen molar-refractivity contribution in [1.29, 1.82) is 0 Å².